The van der Waals surface area contributed by atoms with Gasteiger partial charge in [0.2, 0.25) is 0 Å². The lowest BCUT2D eigenvalue weighted by Gasteiger charge is -2.21. The fourth-order valence-corrected chi connectivity index (χ4v) is 2.70. The summed E-state index contributed by atoms with van der Waals surface area (Å²) in [5.74, 6) is 0.909. The monoisotopic (exact) mass is 305 g/mol. The zero-order valence-electron chi connectivity index (χ0n) is 13.9. The zero-order valence-corrected chi connectivity index (χ0v) is 13.9. The average Bonchev–Trinajstić information content (AvgIpc) is 2.78. The van der Waals surface area contributed by atoms with Crippen LogP contribution in [-0.4, -0.2) is 55.7 Å². The Morgan fingerprint density at radius 2 is 2.23 bits per heavy atom. The van der Waals surface area contributed by atoms with Crippen LogP contribution in [0.25, 0.3) is 0 Å². The van der Waals surface area contributed by atoms with Gasteiger partial charge < -0.3 is 14.5 Å². The van der Waals surface area contributed by atoms with Crippen molar-refractivity contribution >= 4 is 11.7 Å². The van der Waals surface area contributed by atoms with Crippen molar-refractivity contribution in [2.75, 3.05) is 38.7 Å². The van der Waals surface area contributed by atoms with Crippen molar-refractivity contribution in [3.05, 3.63) is 23.9 Å². The van der Waals surface area contributed by atoms with Gasteiger partial charge in [-0.2, -0.15) is 0 Å². The molecule has 5 heteroatoms. The van der Waals surface area contributed by atoms with Gasteiger partial charge in [0.25, 0.3) is 5.91 Å². The van der Waals surface area contributed by atoms with Gasteiger partial charge in [0.15, 0.2) is 0 Å². The topological polar surface area (TPSA) is 45.7 Å². The predicted molar refractivity (Wildman–Crippen MR) is 88.3 cm³/mol. The molecular formula is C17H27N3O2. The molecule has 0 saturated carbocycles. The van der Waals surface area contributed by atoms with Crippen LogP contribution in [0.5, 0.6) is 0 Å². The first-order valence-corrected chi connectivity index (χ1v) is 8.16. The van der Waals surface area contributed by atoms with Gasteiger partial charge in [-0.3, -0.25) is 4.79 Å². The van der Waals surface area contributed by atoms with E-state index in [9.17, 15) is 4.79 Å². The summed E-state index contributed by atoms with van der Waals surface area (Å²) < 4.78 is 5.84. The summed E-state index contributed by atoms with van der Waals surface area (Å²) in [6.45, 7) is 4.52. The van der Waals surface area contributed by atoms with Crippen molar-refractivity contribution < 1.29 is 9.53 Å². The first-order chi connectivity index (χ1) is 10.6. The van der Waals surface area contributed by atoms with Crippen LogP contribution in [0.4, 0.5) is 5.82 Å². The van der Waals surface area contributed by atoms with Gasteiger partial charge in [-0.25, -0.2) is 4.98 Å². The molecule has 0 N–H and O–H groups in total. The lowest BCUT2D eigenvalue weighted by atomic mass is 10.1. The fraction of sp³-hybridized carbons (Fsp3) is 0.647. The van der Waals surface area contributed by atoms with Gasteiger partial charge >= 0.3 is 0 Å². The quantitative estimate of drug-likeness (QED) is 0.839. The molecule has 2 heterocycles. The maximum atomic E-state index is 12.7. The molecule has 0 aliphatic carbocycles. The number of aromatic nitrogens is 1. The lowest BCUT2D eigenvalue weighted by Crippen LogP contribution is -2.32. The number of pyridine rings is 1. The molecule has 1 amide bonds. The van der Waals surface area contributed by atoms with E-state index in [-0.39, 0.29) is 5.91 Å². The molecule has 0 radical (unpaired) electrons. The SMILES string of the molecule is CCCO[C@H]1CCCN(C(=O)c2ccnc(N(C)C)c2)CC1. The number of amides is 1. The third-order valence-electron chi connectivity index (χ3n) is 3.97. The van der Waals surface area contributed by atoms with Crippen molar-refractivity contribution in [2.24, 2.45) is 0 Å². The van der Waals surface area contributed by atoms with Crippen molar-refractivity contribution in [3.8, 4) is 0 Å². The Balaban J connectivity index is 1.99. The van der Waals surface area contributed by atoms with Gasteiger partial charge in [-0.05, 0) is 37.8 Å². The fourth-order valence-electron chi connectivity index (χ4n) is 2.70. The van der Waals surface area contributed by atoms with Crippen LogP contribution in [-0.2, 0) is 4.74 Å². The maximum absolute atomic E-state index is 12.7. The van der Waals surface area contributed by atoms with Gasteiger partial charge in [0.05, 0.1) is 6.10 Å². The lowest BCUT2D eigenvalue weighted by molar-refractivity contribution is 0.0432. The number of carbonyl (C=O) groups is 1. The van der Waals surface area contributed by atoms with Gasteiger partial charge in [0.1, 0.15) is 5.82 Å². The molecular weight excluding hydrogens is 278 g/mol. The Bertz CT molecular complexity index is 491. The minimum absolute atomic E-state index is 0.0987. The third kappa shape index (κ3) is 4.44. The van der Waals surface area contributed by atoms with E-state index in [0.29, 0.717) is 11.7 Å². The Labute approximate surface area is 133 Å². The van der Waals surface area contributed by atoms with Crippen molar-refractivity contribution in [1.82, 2.24) is 9.88 Å². The number of hydrogen-bond donors (Lipinski definition) is 0. The standard InChI is InChI=1S/C17H27N3O2/c1-4-12-22-15-6-5-10-20(11-8-15)17(21)14-7-9-18-16(13-14)19(2)3/h7,9,13,15H,4-6,8,10-12H2,1-3H3/t15-/m0/s1. The molecule has 1 aromatic heterocycles. The average molecular weight is 305 g/mol. The van der Waals surface area contributed by atoms with Crippen LogP contribution in [0, 0.1) is 0 Å². The van der Waals surface area contributed by atoms with E-state index >= 15 is 0 Å². The van der Waals surface area contributed by atoms with Crippen molar-refractivity contribution in [2.45, 2.75) is 38.7 Å². The van der Waals surface area contributed by atoms with Crippen LogP contribution in [0.2, 0.25) is 0 Å². The summed E-state index contributed by atoms with van der Waals surface area (Å²) >= 11 is 0. The van der Waals surface area contributed by atoms with E-state index in [1.165, 1.54) is 0 Å². The predicted octanol–water partition coefficient (Wildman–Crippen LogP) is 2.57. The molecule has 1 aliphatic heterocycles. The number of ether oxygens (including phenoxy) is 1. The van der Waals surface area contributed by atoms with Crippen molar-refractivity contribution in [3.63, 3.8) is 0 Å². The summed E-state index contributed by atoms with van der Waals surface area (Å²) in [5, 5.41) is 0. The van der Waals surface area contributed by atoms with E-state index in [1.54, 1.807) is 12.3 Å². The molecule has 122 valence electrons. The smallest absolute Gasteiger partial charge is 0.254 e. The first-order valence-electron chi connectivity index (χ1n) is 8.16. The molecule has 0 aromatic carbocycles. The second-order valence-electron chi connectivity index (χ2n) is 6.01. The van der Waals surface area contributed by atoms with E-state index < -0.39 is 0 Å². The molecule has 1 aliphatic rings. The van der Waals surface area contributed by atoms with Crippen LogP contribution < -0.4 is 4.90 Å². The molecule has 2 rings (SSSR count). The molecule has 1 saturated heterocycles. The summed E-state index contributed by atoms with van der Waals surface area (Å²) in [4.78, 5) is 20.8. The van der Waals surface area contributed by atoms with E-state index in [1.807, 2.05) is 30.0 Å². The number of anilines is 1. The summed E-state index contributed by atoms with van der Waals surface area (Å²) in [7, 11) is 3.86. The second-order valence-corrected chi connectivity index (χ2v) is 6.01. The molecule has 0 spiro atoms. The maximum Gasteiger partial charge on any atom is 0.254 e. The van der Waals surface area contributed by atoms with E-state index in [2.05, 4.69) is 11.9 Å². The highest BCUT2D eigenvalue weighted by Crippen LogP contribution is 2.18. The minimum Gasteiger partial charge on any atom is -0.378 e. The number of likely N-dealkylation sites (tertiary alicyclic amines) is 1. The van der Waals surface area contributed by atoms with Gasteiger partial charge in [-0.15, -0.1) is 0 Å². The largest absolute Gasteiger partial charge is 0.378 e. The van der Waals surface area contributed by atoms with E-state index in [0.717, 1.165) is 51.2 Å². The zero-order chi connectivity index (χ0) is 15.9. The van der Waals surface area contributed by atoms with Gasteiger partial charge in [-0.1, -0.05) is 6.92 Å². The number of rotatable bonds is 5. The van der Waals surface area contributed by atoms with Crippen LogP contribution in [0.15, 0.2) is 18.3 Å². The van der Waals surface area contributed by atoms with Crippen molar-refractivity contribution in [1.29, 1.82) is 0 Å². The molecule has 0 unspecified atom stereocenters. The third-order valence-corrected chi connectivity index (χ3v) is 3.97. The summed E-state index contributed by atoms with van der Waals surface area (Å²) in [6, 6.07) is 3.66. The number of hydrogen-bond acceptors (Lipinski definition) is 4. The summed E-state index contributed by atoms with van der Waals surface area (Å²) in [5.41, 5.74) is 0.714. The highest BCUT2D eigenvalue weighted by Gasteiger charge is 2.22. The van der Waals surface area contributed by atoms with Gasteiger partial charge in [0, 0.05) is 45.6 Å². The minimum atomic E-state index is 0.0987. The molecule has 1 atom stereocenters. The molecule has 1 aromatic rings. The Morgan fingerprint density at radius 1 is 1.41 bits per heavy atom. The first kappa shape index (κ1) is 16.7. The number of carbonyl (C=O) groups excluding carboxylic acids is 1. The highest BCUT2D eigenvalue weighted by atomic mass is 16.5. The Morgan fingerprint density at radius 3 is 2.95 bits per heavy atom. The molecule has 22 heavy (non-hydrogen) atoms. The van der Waals surface area contributed by atoms with Crippen LogP contribution >= 0.6 is 0 Å². The van der Waals surface area contributed by atoms with Crippen LogP contribution in [0.1, 0.15) is 43.0 Å². The second kappa shape index (κ2) is 8.13. The summed E-state index contributed by atoms with van der Waals surface area (Å²) in [6.07, 6.45) is 6.02. The Hall–Kier alpha value is -1.62. The normalized spacial score (nSPS) is 18.9. The molecule has 0 bridgehead atoms. The Kier molecular flexibility index (Phi) is 6.19. The molecule has 1 fully saturated rings. The van der Waals surface area contributed by atoms with E-state index in [4.69, 9.17) is 4.74 Å². The number of nitrogens with zero attached hydrogens (tertiary/aromatic N) is 3. The molecule has 5 nitrogen and oxygen atoms in total. The highest BCUT2D eigenvalue weighted by molar-refractivity contribution is 5.94. The van der Waals surface area contributed by atoms with Crippen LogP contribution in [0.3, 0.4) is 0 Å².